The zero-order valence-corrected chi connectivity index (χ0v) is 21.4. The van der Waals surface area contributed by atoms with Gasteiger partial charge in [-0.1, -0.05) is 12.1 Å². The third-order valence-electron chi connectivity index (χ3n) is 6.33. The molecular formula is C27H34N6O3. The molecule has 1 aromatic carbocycles. The van der Waals surface area contributed by atoms with E-state index in [1.54, 1.807) is 31.5 Å². The molecule has 1 atom stereocenters. The topological polar surface area (TPSA) is 92.6 Å². The number of nitrogens with one attached hydrogen (secondary N) is 1. The highest BCUT2D eigenvalue weighted by atomic mass is 16.5. The maximum atomic E-state index is 13.1. The van der Waals surface area contributed by atoms with Crippen LogP contribution in [0, 0.1) is 6.92 Å². The van der Waals surface area contributed by atoms with Crippen molar-refractivity contribution in [2.45, 2.75) is 32.2 Å². The van der Waals surface area contributed by atoms with Crippen LogP contribution in [0.2, 0.25) is 0 Å². The fraction of sp³-hybridized carbons (Fsp3) is 0.407. The summed E-state index contributed by atoms with van der Waals surface area (Å²) in [5.41, 5.74) is 2.81. The molecule has 3 heterocycles. The molecule has 1 saturated heterocycles. The molecule has 0 radical (unpaired) electrons. The van der Waals surface area contributed by atoms with Crippen LogP contribution < -0.4 is 10.1 Å². The summed E-state index contributed by atoms with van der Waals surface area (Å²) >= 11 is 0. The number of methoxy groups -OCH3 is 1. The molecule has 36 heavy (non-hydrogen) atoms. The molecule has 0 bridgehead atoms. The minimum atomic E-state index is -0.260. The molecule has 3 aromatic rings. The molecule has 1 aliphatic rings. The maximum absolute atomic E-state index is 13.1. The summed E-state index contributed by atoms with van der Waals surface area (Å²) in [7, 11) is 5.57. The molecule has 0 spiro atoms. The normalized spacial score (nSPS) is 16.5. The van der Waals surface area contributed by atoms with Gasteiger partial charge in [0.15, 0.2) is 0 Å². The number of likely N-dealkylation sites (N-methyl/N-ethyl adjacent to an activating group) is 1. The van der Waals surface area contributed by atoms with E-state index in [0.717, 1.165) is 36.0 Å². The Hall–Kier alpha value is -3.72. The van der Waals surface area contributed by atoms with Crippen molar-refractivity contribution in [2.24, 2.45) is 0 Å². The van der Waals surface area contributed by atoms with E-state index in [4.69, 9.17) is 9.72 Å². The average molecular weight is 491 g/mol. The number of rotatable bonds is 7. The first-order chi connectivity index (χ1) is 17.4. The number of imidazole rings is 1. The van der Waals surface area contributed by atoms with Crippen LogP contribution >= 0.6 is 0 Å². The first kappa shape index (κ1) is 25.4. The third kappa shape index (κ3) is 5.73. The number of hydrogen-bond acceptors (Lipinski definition) is 6. The monoisotopic (exact) mass is 490 g/mol. The van der Waals surface area contributed by atoms with Gasteiger partial charge in [-0.25, -0.2) is 4.98 Å². The molecule has 4 rings (SSSR count). The van der Waals surface area contributed by atoms with E-state index in [1.165, 1.54) is 0 Å². The van der Waals surface area contributed by atoms with Crippen molar-refractivity contribution in [1.82, 2.24) is 24.3 Å². The van der Waals surface area contributed by atoms with E-state index in [9.17, 15) is 9.59 Å². The van der Waals surface area contributed by atoms with E-state index in [2.05, 4.69) is 10.3 Å². The van der Waals surface area contributed by atoms with E-state index in [1.807, 2.05) is 59.7 Å². The van der Waals surface area contributed by atoms with E-state index >= 15 is 0 Å². The molecule has 0 aliphatic carbocycles. The van der Waals surface area contributed by atoms with E-state index in [0.29, 0.717) is 36.9 Å². The van der Waals surface area contributed by atoms with E-state index in [-0.39, 0.29) is 17.9 Å². The summed E-state index contributed by atoms with van der Waals surface area (Å²) in [6, 6.07) is 9.03. The molecule has 9 nitrogen and oxygen atoms in total. The molecule has 2 aromatic heterocycles. The highest BCUT2D eigenvalue weighted by molar-refractivity contribution is 6.04. The van der Waals surface area contributed by atoms with Gasteiger partial charge in [-0.3, -0.25) is 19.9 Å². The SMILES string of the molecule is COc1cccc2nc(NC(=O)c3ccnc(C)c3)n([C@@H]3CCCCN(C(=O)/C=C/CN(C)C)C3)c12. The number of aryl methyl sites for hydroxylation is 1. The van der Waals surface area contributed by atoms with Crippen molar-refractivity contribution < 1.29 is 14.3 Å². The number of fused-ring (bicyclic) bond motifs is 1. The van der Waals surface area contributed by atoms with Gasteiger partial charge in [-0.15, -0.1) is 0 Å². The number of carbonyl (C=O) groups excluding carboxylic acids is 2. The Balaban J connectivity index is 1.70. The van der Waals surface area contributed by atoms with Crippen molar-refractivity contribution in [2.75, 3.05) is 46.2 Å². The highest BCUT2D eigenvalue weighted by Gasteiger charge is 2.28. The van der Waals surface area contributed by atoms with Crippen LogP contribution in [0.4, 0.5) is 5.95 Å². The average Bonchev–Trinajstić information content (AvgIpc) is 3.04. The third-order valence-corrected chi connectivity index (χ3v) is 6.33. The smallest absolute Gasteiger partial charge is 0.258 e. The summed E-state index contributed by atoms with van der Waals surface area (Å²) in [4.78, 5) is 39.0. The van der Waals surface area contributed by atoms with Crippen LogP contribution in [0.15, 0.2) is 48.7 Å². The van der Waals surface area contributed by atoms with Gasteiger partial charge in [-0.05, 0) is 64.5 Å². The van der Waals surface area contributed by atoms with Gasteiger partial charge in [0.25, 0.3) is 5.91 Å². The number of para-hydroxylation sites is 1. The van der Waals surface area contributed by atoms with Gasteiger partial charge in [0.2, 0.25) is 11.9 Å². The Morgan fingerprint density at radius 3 is 2.83 bits per heavy atom. The highest BCUT2D eigenvalue weighted by Crippen LogP contribution is 2.35. The van der Waals surface area contributed by atoms with Crippen molar-refractivity contribution >= 4 is 28.8 Å². The predicted octanol–water partition coefficient (Wildman–Crippen LogP) is 3.67. The minimum Gasteiger partial charge on any atom is -0.494 e. The van der Waals surface area contributed by atoms with Crippen LogP contribution in [-0.4, -0.2) is 77.0 Å². The molecule has 9 heteroatoms. The number of likely N-dealkylation sites (tertiary alicyclic amines) is 1. The van der Waals surface area contributed by atoms with Gasteiger partial charge in [0, 0.05) is 43.2 Å². The zero-order valence-electron chi connectivity index (χ0n) is 21.4. The second kappa shape index (κ2) is 11.3. The van der Waals surface area contributed by atoms with Crippen molar-refractivity contribution in [3.05, 3.63) is 59.9 Å². The van der Waals surface area contributed by atoms with Crippen molar-refractivity contribution in [3.8, 4) is 5.75 Å². The lowest BCUT2D eigenvalue weighted by molar-refractivity contribution is -0.126. The van der Waals surface area contributed by atoms with Crippen LogP contribution in [0.25, 0.3) is 11.0 Å². The van der Waals surface area contributed by atoms with Crippen LogP contribution in [-0.2, 0) is 4.79 Å². The molecule has 0 saturated carbocycles. The van der Waals surface area contributed by atoms with Gasteiger partial charge in [-0.2, -0.15) is 0 Å². The Kier molecular flexibility index (Phi) is 8.00. The predicted molar refractivity (Wildman–Crippen MR) is 140 cm³/mol. The lowest BCUT2D eigenvalue weighted by Gasteiger charge is -2.26. The van der Waals surface area contributed by atoms with Crippen molar-refractivity contribution in [3.63, 3.8) is 0 Å². The Labute approximate surface area is 211 Å². The van der Waals surface area contributed by atoms with E-state index < -0.39 is 0 Å². The standard InChI is InChI=1S/C27H34N6O3/c1-19-17-20(13-14-28-19)26(35)30-27-29-22-10-7-11-23(36-4)25(22)33(27)21-9-5-6-16-32(18-21)24(34)12-8-15-31(2)3/h7-8,10-14,17,21H,5-6,9,15-16,18H2,1-4H3,(H,29,30,35)/b12-8+/t21-/m1/s1. The van der Waals surface area contributed by atoms with Crippen LogP contribution in [0.1, 0.15) is 41.4 Å². The summed E-state index contributed by atoms with van der Waals surface area (Å²) in [6.45, 7) is 3.77. The lowest BCUT2D eigenvalue weighted by atomic mass is 10.1. The number of aromatic nitrogens is 3. The molecule has 2 amide bonds. The number of nitrogens with zero attached hydrogens (tertiary/aromatic N) is 5. The first-order valence-electron chi connectivity index (χ1n) is 12.3. The summed E-state index contributed by atoms with van der Waals surface area (Å²) in [6.07, 6.45) is 7.90. The fourth-order valence-corrected chi connectivity index (χ4v) is 4.59. The Morgan fingerprint density at radius 1 is 1.25 bits per heavy atom. The number of carbonyl (C=O) groups is 2. The number of pyridine rings is 1. The number of benzene rings is 1. The quantitative estimate of drug-likeness (QED) is 0.508. The number of ether oxygens (including phenoxy) is 1. The van der Waals surface area contributed by atoms with Gasteiger partial charge >= 0.3 is 0 Å². The van der Waals surface area contributed by atoms with Gasteiger partial charge < -0.3 is 19.1 Å². The summed E-state index contributed by atoms with van der Waals surface area (Å²) in [5, 5.41) is 3.01. The number of hydrogen-bond donors (Lipinski definition) is 1. The summed E-state index contributed by atoms with van der Waals surface area (Å²) < 4.78 is 7.72. The number of amides is 2. The first-order valence-corrected chi connectivity index (χ1v) is 12.3. The maximum Gasteiger partial charge on any atom is 0.258 e. The molecule has 1 N–H and O–H groups in total. The summed E-state index contributed by atoms with van der Waals surface area (Å²) in [5.74, 6) is 0.854. The lowest BCUT2D eigenvalue weighted by Crippen LogP contribution is -2.34. The van der Waals surface area contributed by atoms with Gasteiger partial charge in [0.05, 0.1) is 18.7 Å². The minimum absolute atomic E-state index is 0.00187. The largest absolute Gasteiger partial charge is 0.494 e. The van der Waals surface area contributed by atoms with Crippen LogP contribution in [0.3, 0.4) is 0 Å². The molecule has 1 fully saturated rings. The number of anilines is 1. The molecule has 0 unspecified atom stereocenters. The Morgan fingerprint density at radius 2 is 2.08 bits per heavy atom. The second-order valence-corrected chi connectivity index (χ2v) is 9.37. The molecular weight excluding hydrogens is 456 g/mol. The Bertz CT molecular complexity index is 1270. The molecule has 1 aliphatic heterocycles. The second-order valence-electron chi connectivity index (χ2n) is 9.37. The van der Waals surface area contributed by atoms with Crippen LogP contribution in [0.5, 0.6) is 5.75 Å². The van der Waals surface area contributed by atoms with Crippen molar-refractivity contribution in [1.29, 1.82) is 0 Å². The van der Waals surface area contributed by atoms with Gasteiger partial charge in [0.1, 0.15) is 11.3 Å². The molecule has 190 valence electrons. The zero-order chi connectivity index (χ0) is 25.7. The fourth-order valence-electron chi connectivity index (χ4n) is 4.59.